The van der Waals surface area contributed by atoms with E-state index in [0.717, 1.165) is 18.4 Å². The Balaban J connectivity index is 1.51. The van der Waals surface area contributed by atoms with Crippen molar-refractivity contribution in [1.82, 2.24) is 10.2 Å². The van der Waals surface area contributed by atoms with Gasteiger partial charge in [-0.2, -0.15) is 0 Å². The van der Waals surface area contributed by atoms with Gasteiger partial charge in [-0.05, 0) is 36.5 Å². The molecule has 23 heavy (non-hydrogen) atoms. The van der Waals surface area contributed by atoms with E-state index in [1.165, 1.54) is 12.1 Å². The minimum atomic E-state index is -0.728. The number of carbonyl (C=O) groups is 2. The van der Waals surface area contributed by atoms with Crippen molar-refractivity contribution in [2.45, 2.75) is 25.8 Å². The Kier molecular flexibility index (Phi) is 4.35. The molecule has 1 amide bonds. The molecule has 2 N–H and O–H groups in total. The molecule has 0 unspecified atom stereocenters. The summed E-state index contributed by atoms with van der Waals surface area (Å²) in [5.41, 5.74) is 0.178. The summed E-state index contributed by atoms with van der Waals surface area (Å²) in [6, 6.07) is 5.99. The minimum Gasteiger partial charge on any atom is -0.481 e. The van der Waals surface area contributed by atoms with Gasteiger partial charge in [0.1, 0.15) is 5.82 Å². The van der Waals surface area contributed by atoms with E-state index in [4.69, 9.17) is 0 Å². The van der Waals surface area contributed by atoms with Crippen molar-refractivity contribution in [1.29, 1.82) is 0 Å². The number of amides is 1. The third-order valence-electron chi connectivity index (χ3n) is 5.14. The Labute approximate surface area is 134 Å². The molecule has 124 valence electrons. The van der Waals surface area contributed by atoms with E-state index in [2.05, 4.69) is 5.32 Å². The van der Waals surface area contributed by atoms with E-state index in [9.17, 15) is 19.1 Å². The van der Waals surface area contributed by atoms with Gasteiger partial charge in [0.05, 0.1) is 12.0 Å². The first-order valence-electron chi connectivity index (χ1n) is 7.96. The monoisotopic (exact) mass is 320 g/mol. The summed E-state index contributed by atoms with van der Waals surface area (Å²) in [6.45, 7) is 1.69. The molecule has 0 radical (unpaired) electrons. The topological polar surface area (TPSA) is 69.6 Å². The maximum atomic E-state index is 12.8. The number of rotatable bonds is 5. The van der Waals surface area contributed by atoms with Gasteiger partial charge in [-0.3, -0.25) is 14.5 Å². The standard InChI is InChI=1S/C17H21FN2O3/c18-14-5-3-12(4-6-14)8-19-15(21)10-20-9-13-2-1-7-17(13,11-20)16(22)23/h3-6,13H,1-2,7-11H2,(H,19,21)(H,22,23)/t13-,17+/m0/s1. The highest BCUT2D eigenvalue weighted by molar-refractivity contribution is 5.79. The van der Waals surface area contributed by atoms with Crippen molar-refractivity contribution in [2.24, 2.45) is 11.3 Å². The summed E-state index contributed by atoms with van der Waals surface area (Å²) >= 11 is 0. The first kappa shape index (κ1) is 15.9. The van der Waals surface area contributed by atoms with Crippen molar-refractivity contribution in [2.75, 3.05) is 19.6 Å². The number of carbonyl (C=O) groups excluding carboxylic acids is 1. The predicted molar refractivity (Wildman–Crippen MR) is 82.1 cm³/mol. The lowest BCUT2D eigenvalue weighted by Crippen LogP contribution is -2.39. The van der Waals surface area contributed by atoms with E-state index >= 15 is 0 Å². The summed E-state index contributed by atoms with van der Waals surface area (Å²) in [5.74, 6) is -1.00. The molecule has 0 spiro atoms. The van der Waals surface area contributed by atoms with Crippen LogP contribution in [0.5, 0.6) is 0 Å². The molecule has 1 saturated carbocycles. The number of hydrogen-bond donors (Lipinski definition) is 2. The Hall–Kier alpha value is -1.95. The number of aliphatic carboxylic acids is 1. The number of nitrogens with zero attached hydrogens (tertiary/aromatic N) is 1. The summed E-state index contributed by atoms with van der Waals surface area (Å²) < 4.78 is 12.8. The normalized spacial score (nSPS) is 26.9. The molecule has 3 rings (SSSR count). The molecule has 6 heteroatoms. The molecule has 1 heterocycles. The lowest BCUT2D eigenvalue weighted by Gasteiger charge is -2.23. The van der Waals surface area contributed by atoms with Gasteiger partial charge in [-0.1, -0.05) is 18.6 Å². The molecular formula is C17H21FN2O3. The van der Waals surface area contributed by atoms with E-state index in [1.807, 2.05) is 4.90 Å². The number of benzene rings is 1. The zero-order chi connectivity index (χ0) is 16.4. The molecule has 2 fully saturated rings. The Morgan fingerprint density at radius 2 is 2.09 bits per heavy atom. The number of carboxylic acids is 1. The van der Waals surface area contributed by atoms with Gasteiger partial charge in [0.25, 0.3) is 0 Å². The number of hydrogen-bond acceptors (Lipinski definition) is 3. The van der Waals surface area contributed by atoms with Crippen LogP contribution in [0.15, 0.2) is 24.3 Å². The first-order valence-corrected chi connectivity index (χ1v) is 7.96. The average molecular weight is 320 g/mol. The molecule has 0 aromatic heterocycles. The Bertz CT molecular complexity index is 604. The second kappa shape index (κ2) is 6.28. The highest BCUT2D eigenvalue weighted by Gasteiger charge is 2.54. The predicted octanol–water partition coefficient (Wildman–Crippen LogP) is 1.63. The number of fused-ring (bicyclic) bond motifs is 1. The minimum absolute atomic E-state index is 0.130. The maximum absolute atomic E-state index is 12.8. The molecule has 2 atom stereocenters. The summed E-state index contributed by atoms with van der Waals surface area (Å²) in [6.07, 6.45) is 2.60. The second-order valence-electron chi connectivity index (χ2n) is 6.62. The van der Waals surface area contributed by atoms with Crippen LogP contribution < -0.4 is 5.32 Å². The van der Waals surface area contributed by atoms with E-state index in [-0.39, 0.29) is 24.2 Å². The number of halogens is 1. The van der Waals surface area contributed by atoms with Crippen molar-refractivity contribution in [3.05, 3.63) is 35.6 Å². The highest BCUT2D eigenvalue weighted by Crippen LogP contribution is 2.48. The molecular weight excluding hydrogens is 299 g/mol. The van der Waals surface area contributed by atoms with Gasteiger partial charge >= 0.3 is 5.97 Å². The molecule has 5 nitrogen and oxygen atoms in total. The molecule has 0 bridgehead atoms. The van der Waals surface area contributed by atoms with Crippen molar-refractivity contribution in [3.8, 4) is 0 Å². The van der Waals surface area contributed by atoms with Gasteiger partial charge in [0.15, 0.2) is 0 Å². The third kappa shape index (κ3) is 3.22. The van der Waals surface area contributed by atoms with Crippen molar-refractivity contribution in [3.63, 3.8) is 0 Å². The van der Waals surface area contributed by atoms with Crippen molar-refractivity contribution < 1.29 is 19.1 Å². The Morgan fingerprint density at radius 3 is 2.74 bits per heavy atom. The lowest BCUT2D eigenvalue weighted by molar-refractivity contribution is -0.149. The number of nitrogens with one attached hydrogen (secondary N) is 1. The summed E-state index contributed by atoms with van der Waals surface area (Å²) in [5, 5.41) is 12.3. The fourth-order valence-electron chi connectivity index (χ4n) is 3.93. The summed E-state index contributed by atoms with van der Waals surface area (Å²) in [7, 11) is 0. The lowest BCUT2D eigenvalue weighted by atomic mass is 9.81. The van der Waals surface area contributed by atoms with E-state index in [1.54, 1.807) is 12.1 Å². The molecule has 1 aromatic rings. The summed E-state index contributed by atoms with van der Waals surface area (Å²) in [4.78, 5) is 25.6. The van der Waals surface area contributed by atoms with Crippen LogP contribution in [-0.2, 0) is 16.1 Å². The molecule has 2 aliphatic rings. The average Bonchev–Trinajstić information content (AvgIpc) is 3.04. The largest absolute Gasteiger partial charge is 0.481 e. The van der Waals surface area contributed by atoms with E-state index < -0.39 is 11.4 Å². The first-order chi connectivity index (χ1) is 11.0. The van der Waals surface area contributed by atoms with Gasteiger partial charge in [-0.15, -0.1) is 0 Å². The van der Waals surface area contributed by atoms with Gasteiger partial charge < -0.3 is 10.4 Å². The molecule has 1 aliphatic heterocycles. The van der Waals surface area contributed by atoms with Crippen molar-refractivity contribution >= 4 is 11.9 Å². The molecule has 1 aromatic carbocycles. The second-order valence-corrected chi connectivity index (χ2v) is 6.62. The zero-order valence-corrected chi connectivity index (χ0v) is 12.9. The molecule has 1 aliphatic carbocycles. The van der Waals surface area contributed by atoms with Gasteiger partial charge in [0, 0.05) is 19.6 Å². The smallest absolute Gasteiger partial charge is 0.311 e. The van der Waals surface area contributed by atoms with Crippen LogP contribution in [-0.4, -0.2) is 41.5 Å². The van der Waals surface area contributed by atoms with Crippen LogP contribution in [0.1, 0.15) is 24.8 Å². The van der Waals surface area contributed by atoms with Crippen LogP contribution in [0.3, 0.4) is 0 Å². The van der Waals surface area contributed by atoms with Crippen LogP contribution in [0.25, 0.3) is 0 Å². The van der Waals surface area contributed by atoms with Crippen LogP contribution in [0, 0.1) is 17.2 Å². The number of likely N-dealkylation sites (tertiary alicyclic amines) is 1. The fourth-order valence-corrected chi connectivity index (χ4v) is 3.93. The van der Waals surface area contributed by atoms with Gasteiger partial charge in [-0.25, -0.2) is 4.39 Å². The fraction of sp³-hybridized carbons (Fsp3) is 0.529. The maximum Gasteiger partial charge on any atom is 0.311 e. The Morgan fingerprint density at radius 1 is 1.35 bits per heavy atom. The van der Waals surface area contributed by atoms with Crippen LogP contribution >= 0.6 is 0 Å². The number of carboxylic acid groups (broad SMARTS) is 1. The van der Waals surface area contributed by atoms with Gasteiger partial charge in [0.2, 0.25) is 5.91 Å². The third-order valence-corrected chi connectivity index (χ3v) is 5.14. The van der Waals surface area contributed by atoms with Crippen LogP contribution in [0.2, 0.25) is 0 Å². The van der Waals surface area contributed by atoms with E-state index in [0.29, 0.717) is 26.1 Å². The van der Waals surface area contributed by atoms with Crippen LogP contribution in [0.4, 0.5) is 4.39 Å². The zero-order valence-electron chi connectivity index (χ0n) is 12.9. The quantitative estimate of drug-likeness (QED) is 0.865. The SMILES string of the molecule is O=C(CN1C[C@@H]2CCC[C@@]2(C(=O)O)C1)NCc1ccc(F)cc1. The highest BCUT2D eigenvalue weighted by atomic mass is 19.1. The molecule has 1 saturated heterocycles.